The molecule has 0 amide bonds. The number of hydrogen-bond acceptors (Lipinski definition) is 7. The van der Waals surface area contributed by atoms with Crippen molar-refractivity contribution in [3.63, 3.8) is 0 Å². The number of unbranched alkanes of at least 4 members (excludes halogenated alkanes) is 23. The van der Waals surface area contributed by atoms with Crippen molar-refractivity contribution < 1.29 is 42.1 Å². The highest BCUT2D eigenvalue weighted by Gasteiger charge is 2.27. The molecule has 10 heteroatoms. The zero-order valence-corrected chi connectivity index (χ0v) is 57.8. The molecule has 0 bridgehead atoms. The molecule has 0 aromatic carbocycles. The summed E-state index contributed by atoms with van der Waals surface area (Å²) in [5, 5.41) is 0. The van der Waals surface area contributed by atoms with Crippen LogP contribution in [0.3, 0.4) is 0 Å². The molecule has 0 heterocycles. The highest BCUT2D eigenvalue weighted by molar-refractivity contribution is 7.47. The van der Waals surface area contributed by atoms with Crippen molar-refractivity contribution >= 4 is 19.8 Å². The molecular weight excluding hydrogens is 1110 g/mol. The number of esters is 2. The molecule has 9 nitrogen and oxygen atoms in total. The molecule has 88 heavy (non-hydrogen) atoms. The molecule has 0 radical (unpaired) electrons. The number of quaternary nitrogens is 1. The Bertz CT molecular complexity index is 2040. The molecule has 0 aliphatic heterocycles. The quantitative estimate of drug-likeness (QED) is 0.0211. The first-order valence-corrected chi connectivity index (χ1v) is 36.7. The van der Waals surface area contributed by atoms with Gasteiger partial charge in [-0.3, -0.25) is 18.6 Å². The minimum absolute atomic E-state index is 0.0161. The minimum atomic E-state index is -4.41. The zero-order valence-electron chi connectivity index (χ0n) is 56.9. The Morgan fingerprint density at radius 2 is 0.614 bits per heavy atom. The number of carbonyl (C=O) groups excluding carboxylic acids is 2. The van der Waals surface area contributed by atoms with Gasteiger partial charge in [0.15, 0.2) is 6.10 Å². The molecule has 2 atom stereocenters. The van der Waals surface area contributed by atoms with Crippen molar-refractivity contribution in [2.45, 2.75) is 277 Å². The zero-order chi connectivity index (χ0) is 64.1. The summed E-state index contributed by atoms with van der Waals surface area (Å²) in [7, 11) is 1.43. The second kappa shape index (κ2) is 67.0. The van der Waals surface area contributed by atoms with Gasteiger partial charge in [-0.25, -0.2) is 4.57 Å². The van der Waals surface area contributed by atoms with Crippen LogP contribution in [0.2, 0.25) is 0 Å². The molecule has 500 valence electrons. The van der Waals surface area contributed by atoms with E-state index >= 15 is 0 Å². The molecule has 0 aromatic heterocycles. The van der Waals surface area contributed by atoms with Gasteiger partial charge in [-0.05, 0) is 122 Å². The van der Waals surface area contributed by atoms with Crippen molar-refractivity contribution in [3.05, 3.63) is 158 Å². The Morgan fingerprint density at radius 3 is 0.932 bits per heavy atom. The number of phosphoric ester groups is 1. The summed E-state index contributed by atoms with van der Waals surface area (Å²) in [4.78, 5) is 35.9. The highest BCUT2D eigenvalue weighted by atomic mass is 31.2. The Hall–Kier alpha value is -4.37. The first-order valence-electron chi connectivity index (χ1n) is 35.2. The molecule has 0 aliphatic rings. The van der Waals surface area contributed by atoms with Gasteiger partial charge in [0.25, 0.3) is 0 Å². The van der Waals surface area contributed by atoms with E-state index in [1.165, 1.54) is 122 Å². The van der Waals surface area contributed by atoms with E-state index in [4.69, 9.17) is 18.5 Å². The third-order valence-electron chi connectivity index (χ3n) is 14.6. The predicted octanol–water partition coefficient (Wildman–Crippen LogP) is 23.2. The summed E-state index contributed by atoms with van der Waals surface area (Å²) in [5.41, 5.74) is 0. The second-order valence-electron chi connectivity index (χ2n) is 24.2. The van der Waals surface area contributed by atoms with Crippen LogP contribution >= 0.6 is 7.82 Å². The molecular formula is C78H131NO8P+. The summed E-state index contributed by atoms with van der Waals surface area (Å²) in [6.07, 6.45) is 101. The molecule has 0 aliphatic carbocycles. The van der Waals surface area contributed by atoms with Gasteiger partial charge < -0.3 is 18.9 Å². The SMILES string of the molecule is CC/C=C\C/C=C\C/C=C\C/C=C\C/C=C\C/C=C\C/C=C\C/C=C\CCCCC(=O)OC(COC(=O)CCCCCCCCCCCCCCCCCCCCCCC/C=C\C/C=C\C/C=C\C/C=C\C/C=C\CC)COP(=O)(O)OCC[N+](C)(C)C. The lowest BCUT2D eigenvalue weighted by atomic mass is 10.0. The van der Waals surface area contributed by atoms with Crippen molar-refractivity contribution in [3.8, 4) is 0 Å². The van der Waals surface area contributed by atoms with Gasteiger partial charge in [-0.15, -0.1) is 0 Å². The van der Waals surface area contributed by atoms with Crippen LogP contribution in [0.25, 0.3) is 0 Å². The standard InChI is InChI=1S/C78H130NO8P/c1-6-8-10-12-14-16-18-20-22-24-26-28-30-32-34-35-36-37-38-39-40-41-42-43-45-46-48-50-52-54-56-58-60-62-64-66-68-70-77(80)84-74-76(75-86-88(82,83)85-73-72-79(3,4)5)87-78(81)71-69-67-65-63-61-59-57-55-53-51-49-47-44-33-31-29-27-25-23-21-19-17-15-13-11-9-7-2/h8-11,14-17,20-23,26-29,32-34,44,49,51,55,57,61,63,76H,6-7,12-13,18-19,24-25,30-31,35-43,45-48,50,52-54,56,58-60,62,64-75H2,1-5H3/p+1/b10-8-,11-9-,16-14-,17-15-,22-20-,23-21-,28-26-,29-27-,34-32-,44-33-,51-49-,57-55-,63-61-. The summed E-state index contributed by atoms with van der Waals surface area (Å²) in [6.45, 7) is 4.16. The lowest BCUT2D eigenvalue weighted by Crippen LogP contribution is -2.37. The van der Waals surface area contributed by atoms with E-state index in [1.807, 2.05) is 21.1 Å². The maximum Gasteiger partial charge on any atom is 0.472 e. The number of hydrogen-bond donors (Lipinski definition) is 1. The van der Waals surface area contributed by atoms with Gasteiger partial charge in [0, 0.05) is 12.8 Å². The van der Waals surface area contributed by atoms with Crippen LogP contribution in [-0.2, 0) is 32.7 Å². The van der Waals surface area contributed by atoms with Crippen LogP contribution in [0.1, 0.15) is 271 Å². The monoisotopic (exact) mass is 1240 g/mol. The summed E-state index contributed by atoms with van der Waals surface area (Å²) in [6, 6.07) is 0. The topological polar surface area (TPSA) is 108 Å². The summed E-state index contributed by atoms with van der Waals surface area (Å²) >= 11 is 0. The van der Waals surface area contributed by atoms with Crippen molar-refractivity contribution in [1.82, 2.24) is 0 Å². The number of rotatable bonds is 63. The fraction of sp³-hybridized carbons (Fsp3) is 0.641. The van der Waals surface area contributed by atoms with Gasteiger partial charge in [-0.2, -0.15) is 0 Å². The van der Waals surface area contributed by atoms with Crippen LogP contribution in [0.5, 0.6) is 0 Å². The van der Waals surface area contributed by atoms with E-state index in [-0.39, 0.29) is 32.0 Å². The first kappa shape index (κ1) is 83.6. The molecule has 0 aromatic rings. The van der Waals surface area contributed by atoms with E-state index in [9.17, 15) is 19.0 Å². The predicted molar refractivity (Wildman–Crippen MR) is 380 cm³/mol. The highest BCUT2D eigenvalue weighted by Crippen LogP contribution is 2.43. The summed E-state index contributed by atoms with van der Waals surface area (Å²) in [5.74, 6) is -0.851. The van der Waals surface area contributed by atoms with E-state index in [0.29, 0.717) is 17.4 Å². The van der Waals surface area contributed by atoms with Crippen molar-refractivity contribution in [2.24, 2.45) is 0 Å². The Morgan fingerprint density at radius 1 is 0.352 bits per heavy atom. The molecule has 0 saturated carbocycles. The van der Waals surface area contributed by atoms with Crippen LogP contribution in [-0.4, -0.2) is 74.9 Å². The average Bonchev–Trinajstić information content (AvgIpc) is 3.60. The van der Waals surface area contributed by atoms with Gasteiger partial charge in [0.05, 0.1) is 27.7 Å². The lowest BCUT2D eigenvalue weighted by Gasteiger charge is -2.24. The fourth-order valence-electron chi connectivity index (χ4n) is 9.24. The van der Waals surface area contributed by atoms with Gasteiger partial charge in [0.2, 0.25) is 0 Å². The Labute approximate surface area is 541 Å². The fourth-order valence-corrected chi connectivity index (χ4v) is 9.98. The Balaban J connectivity index is 4.09. The summed E-state index contributed by atoms with van der Waals surface area (Å²) < 4.78 is 34.6. The number of nitrogens with zero attached hydrogens (tertiary/aromatic N) is 1. The maximum absolute atomic E-state index is 12.9. The number of likely N-dealkylation sites (N-methyl/N-ethyl adjacent to an activating group) is 1. The molecule has 0 fully saturated rings. The smallest absolute Gasteiger partial charge is 0.462 e. The number of ether oxygens (including phenoxy) is 2. The molecule has 0 saturated heterocycles. The van der Waals surface area contributed by atoms with E-state index in [2.05, 4.69) is 172 Å². The Kier molecular flexibility index (Phi) is 63.7. The molecule has 0 rings (SSSR count). The maximum atomic E-state index is 12.9. The van der Waals surface area contributed by atoms with Crippen LogP contribution in [0, 0.1) is 0 Å². The first-order chi connectivity index (χ1) is 43.0. The third kappa shape index (κ3) is 70.7. The van der Waals surface area contributed by atoms with Crippen LogP contribution in [0.4, 0.5) is 0 Å². The van der Waals surface area contributed by atoms with Crippen molar-refractivity contribution in [2.75, 3.05) is 47.5 Å². The van der Waals surface area contributed by atoms with Crippen LogP contribution < -0.4 is 0 Å². The average molecular weight is 1240 g/mol. The molecule has 1 N–H and O–H groups in total. The van der Waals surface area contributed by atoms with Gasteiger partial charge in [-0.1, -0.05) is 294 Å². The van der Waals surface area contributed by atoms with E-state index in [0.717, 1.165) is 116 Å². The lowest BCUT2D eigenvalue weighted by molar-refractivity contribution is -0.870. The van der Waals surface area contributed by atoms with E-state index < -0.39 is 26.5 Å². The largest absolute Gasteiger partial charge is 0.472 e. The van der Waals surface area contributed by atoms with Crippen molar-refractivity contribution in [1.29, 1.82) is 0 Å². The number of phosphoric acid groups is 1. The number of allylic oxidation sites excluding steroid dienone is 26. The second-order valence-corrected chi connectivity index (χ2v) is 25.6. The molecule has 2 unspecified atom stereocenters. The normalized spacial score (nSPS) is 14.1. The minimum Gasteiger partial charge on any atom is -0.462 e. The molecule has 0 spiro atoms. The van der Waals surface area contributed by atoms with Crippen LogP contribution in [0.15, 0.2) is 158 Å². The van der Waals surface area contributed by atoms with Gasteiger partial charge in [0.1, 0.15) is 19.8 Å². The van der Waals surface area contributed by atoms with E-state index in [1.54, 1.807) is 0 Å². The third-order valence-corrected chi connectivity index (χ3v) is 15.5. The number of carbonyl (C=O) groups is 2. The van der Waals surface area contributed by atoms with Gasteiger partial charge >= 0.3 is 19.8 Å².